The van der Waals surface area contributed by atoms with E-state index < -0.39 is 0 Å². The van der Waals surface area contributed by atoms with Crippen molar-refractivity contribution in [3.8, 4) is 12.0 Å². The Labute approximate surface area is 60.1 Å². The van der Waals surface area contributed by atoms with E-state index >= 15 is 0 Å². The van der Waals surface area contributed by atoms with E-state index in [1.807, 2.05) is 0 Å². The van der Waals surface area contributed by atoms with Gasteiger partial charge in [-0.2, -0.15) is 0 Å². The van der Waals surface area contributed by atoms with Crippen LogP contribution in [0.25, 0.3) is 0 Å². The summed E-state index contributed by atoms with van der Waals surface area (Å²) in [6, 6.07) is 2.29. The van der Waals surface area contributed by atoms with Crippen LogP contribution in [0.1, 0.15) is 12.8 Å². The fourth-order valence-corrected chi connectivity index (χ4v) is 0.423. The molecule has 0 aliphatic rings. The molecular weight excluding hydrogens is 130 g/mol. The molecule has 0 N–H and O–H groups in total. The number of hydrogen-bond acceptors (Lipinski definition) is 3. The van der Waals surface area contributed by atoms with Crippen molar-refractivity contribution in [2.24, 2.45) is 4.99 Å². The second kappa shape index (κ2) is 7.90. The number of ether oxygens (including phenoxy) is 1. The van der Waals surface area contributed by atoms with Gasteiger partial charge in [0.1, 0.15) is 0 Å². The third kappa shape index (κ3) is 6.90. The molecule has 0 aromatic carbocycles. The van der Waals surface area contributed by atoms with Crippen molar-refractivity contribution in [3.63, 3.8) is 0 Å². The molecule has 3 nitrogen and oxygen atoms in total. The molecule has 0 aromatic rings. The first-order valence-corrected chi connectivity index (χ1v) is 2.95. The smallest absolute Gasteiger partial charge is 0.249 e. The van der Waals surface area contributed by atoms with Gasteiger partial charge in [-0.1, -0.05) is 5.92 Å². The Bertz CT molecular complexity index is 172. The second-order valence-electron chi connectivity index (χ2n) is 1.59. The van der Waals surface area contributed by atoms with Crippen molar-refractivity contribution in [2.45, 2.75) is 12.8 Å². The molecule has 0 aliphatic carbocycles. The summed E-state index contributed by atoms with van der Waals surface area (Å²) >= 11 is 0. The van der Waals surface area contributed by atoms with E-state index in [4.69, 9.17) is 4.74 Å². The zero-order chi connectivity index (χ0) is 7.66. The van der Waals surface area contributed by atoms with Crippen LogP contribution < -0.4 is 0 Å². The molecule has 10 heavy (non-hydrogen) atoms. The Morgan fingerprint density at radius 3 is 3.00 bits per heavy atom. The first-order valence-electron chi connectivity index (χ1n) is 2.95. The zero-order valence-corrected chi connectivity index (χ0v) is 5.89. The molecule has 0 aromatic heterocycles. The quantitative estimate of drug-likeness (QED) is 0.250. The molecule has 0 heterocycles. The van der Waals surface area contributed by atoms with Crippen LogP contribution in [0.2, 0.25) is 0 Å². The lowest BCUT2D eigenvalue weighted by molar-refractivity contribution is 0.196. The summed E-state index contributed by atoms with van der Waals surface area (Å²) < 4.78 is 4.77. The first-order chi connectivity index (χ1) is 4.91. The van der Waals surface area contributed by atoms with E-state index in [1.54, 1.807) is 7.11 Å². The number of nitrogens with zero attached hydrogens (tertiary/aromatic N) is 1. The average Bonchev–Trinajstić information content (AvgIpc) is 1.97. The Kier molecular flexibility index (Phi) is 7.03. The average molecular weight is 139 g/mol. The lowest BCUT2D eigenvalue weighted by atomic mass is 10.3. The van der Waals surface area contributed by atoms with Gasteiger partial charge in [0.25, 0.3) is 0 Å². The highest BCUT2D eigenvalue weighted by atomic mass is 16.5. The van der Waals surface area contributed by atoms with Gasteiger partial charge in [-0.05, 0) is 6.42 Å². The van der Waals surface area contributed by atoms with Gasteiger partial charge < -0.3 is 4.74 Å². The van der Waals surface area contributed by atoms with Crippen LogP contribution in [0.3, 0.4) is 0 Å². The molecule has 3 heteroatoms. The topological polar surface area (TPSA) is 38.7 Å². The normalized spacial score (nSPS) is 7.30. The molecule has 0 amide bonds. The number of methoxy groups -OCH3 is 1. The van der Waals surface area contributed by atoms with Crippen molar-refractivity contribution in [3.05, 3.63) is 0 Å². The molecule has 0 saturated carbocycles. The molecule has 0 aliphatic heterocycles. The van der Waals surface area contributed by atoms with Crippen LogP contribution in [0.5, 0.6) is 0 Å². The van der Waals surface area contributed by atoms with Crippen LogP contribution in [-0.2, 0) is 9.53 Å². The SMILES string of the molecule is COCCCC#CN=C=O. The minimum atomic E-state index is 0.694. The molecular formula is C7H9NO2. The van der Waals surface area contributed by atoms with Crippen LogP contribution in [0, 0.1) is 12.0 Å². The fraction of sp³-hybridized carbons (Fsp3) is 0.571. The highest BCUT2D eigenvalue weighted by Gasteiger charge is 1.78. The monoisotopic (exact) mass is 139 g/mol. The van der Waals surface area contributed by atoms with Crippen LogP contribution >= 0.6 is 0 Å². The van der Waals surface area contributed by atoms with E-state index in [2.05, 4.69) is 17.0 Å². The minimum absolute atomic E-state index is 0.694. The van der Waals surface area contributed by atoms with Gasteiger partial charge in [-0.3, -0.25) is 0 Å². The Balaban J connectivity index is 3.20. The largest absolute Gasteiger partial charge is 0.385 e. The number of carbonyl (C=O) groups excluding carboxylic acids is 1. The summed E-state index contributed by atoms with van der Waals surface area (Å²) in [7, 11) is 1.64. The van der Waals surface area contributed by atoms with Crippen LogP contribution in [0.15, 0.2) is 4.99 Å². The molecule has 0 radical (unpaired) electrons. The van der Waals surface area contributed by atoms with Gasteiger partial charge in [-0.15, -0.1) is 4.99 Å². The lowest BCUT2D eigenvalue weighted by Gasteiger charge is -1.89. The van der Waals surface area contributed by atoms with Gasteiger partial charge in [0, 0.05) is 26.2 Å². The third-order valence-corrected chi connectivity index (χ3v) is 0.831. The standard InChI is InChI=1S/C7H9NO2/c1-10-6-4-2-3-5-8-7-9/h2,4,6H2,1H3. The molecule has 0 rings (SSSR count). The molecule has 0 bridgehead atoms. The Morgan fingerprint density at radius 2 is 2.40 bits per heavy atom. The second-order valence-corrected chi connectivity index (χ2v) is 1.59. The third-order valence-electron chi connectivity index (χ3n) is 0.831. The predicted molar refractivity (Wildman–Crippen MR) is 37.0 cm³/mol. The van der Waals surface area contributed by atoms with Crippen molar-refractivity contribution in [1.29, 1.82) is 0 Å². The summed E-state index contributed by atoms with van der Waals surface area (Å²) in [5.41, 5.74) is 0. The van der Waals surface area contributed by atoms with E-state index in [0.717, 1.165) is 6.42 Å². The Hall–Kier alpha value is -1.10. The van der Waals surface area contributed by atoms with Crippen molar-refractivity contribution in [2.75, 3.05) is 13.7 Å². The first kappa shape index (κ1) is 8.90. The van der Waals surface area contributed by atoms with E-state index in [1.165, 1.54) is 6.08 Å². The number of unbranched alkanes of at least 4 members (excludes halogenated alkanes) is 1. The maximum Gasteiger partial charge on any atom is 0.249 e. The van der Waals surface area contributed by atoms with Gasteiger partial charge in [0.15, 0.2) is 0 Å². The van der Waals surface area contributed by atoms with Gasteiger partial charge >= 0.3 is 0 Å². The summed E-state index contributed by atoms with van der Waals surface area (Å²) in [5.74, 6) is 2.66. The summed E-state index contributed by atoms with van der Waals surface area (Å²) in [6.07, 6.45) is 2.91. The maximum absolute atomic E-state index is 9.47. The fourth-order valence-electron chi connectivity index (χ4n) is 0.423. The molecule has 0 saturated heterocycles. The zero-order valence-electron chi connectivity index (χ0n) is 5.89. The summed E-state index contributed by atoms with van der Waals surface area (Å²) in [6.45, 7) is 0.694. The molecule has 54 valence electrons. The van der Waals surface area contributed by atoms with E-state index in [-0.39, 0.29) is 0 Å². The van der Waals surface area contributed by atoms with Crippen molar-refractivity contribution in [1.82, 2.24) is 0 Å². The molecule has 0 spiro atoms. The van der Waals surface area contributed by atoms with Crippen LogP contribution in [0.4, 0.5) is 0 Å². The highest BCUT2D eigenvalue weighted by molar-refractivity contribution is 5.36. The lowest BCUT2D eigenvalue weighted by Crippen LogP contribution is -1.85. The highest BCUT2D eigenvalue weighted by Crippen LogP contribution is 1.85. The van der Waals surface area contributed by atoms with Gasteiger partial charge in [-0.25, -0.2) is 4.79 Å². The number of rotatable bonds is 3. The van der Waals surface area contributed by atoms with Crippen molar-refractivity contribution < 1.29 is 9.53 Å². The molecule has 0 atom stereocenters. The number of hydrogen-bond donors (Lipinski definition) is 0. The maximum atomic E-state index is 9.47. The molecule has 0 fully saturated rings. The summed E-state index contributed by atoms with van der Waals surface area (Å²) in [5, 5.41) is 0. The van der Waals surface area contributed by atoms with Crippen molar-refractivity contribution >= 4 is 6.08 Å². The van der Waals surface area contributed by atoms with Crippen LogP contribution in [-0.4, -0.2) is 19.8 Å². The summed E-state index contributed by atoms with van der Waals surface area (Å²) in [4.78, 5) is 12.5. The van der Waals surface area contributed by atoms with Gasteiger partial charge in [0.2, 0.25) is 6.08 Å². The minimum Gasteiger partial charge on any atom is -0.385 e. The van der Waals surface area contributed by atoms with E-state index in [0.29, 0.717) is 13.0 Å². The number of isocyanates is 1. The van der Waals surface area contributed by atoms with E-state index in [9.17, 15) is 4.79 Å². The predicted octanol–water partition coefficient (Wildman–Crippen LogP) is 0.710. The Morgan fingerprint density at radius 1 is 1.60 bits per heavy atom. The molecule has 0 unspecified atom stereocenters. The van der Waals surface area contributed by atoms with Gasteiger partial charge in [0.05, 0.1) is 0 Å². The number of aliphatic imine (C=N–C) groups is 1.